The normalized spacial score (nSPS) is 12.0. The van der Waals surface area contributed by atoms with E-state index in [4.69, 9.17) is 9.47 Å². The van der Waals surface area contributed by atoms with Crippen molar-refractivity contribution in [1.82, 2.24) is 13.9 Å². The van der Waals surface area contributed by atoms with Crippen LogP contribution in [0, 0.1) is 0 Å². The molecule has 1 unspecified atom stereocenters. The first-order valence-corrected chi connectivity index (χ1v) is 11.6. The minimum absolute atomic E-state index is 0.176. The molecule has 3 rings (SSSR count). The quantitative estimate of drug-likeness (QED) is 0.347. The maximum atomic E-state index is 12.6. The molecule has 0 aliphatic heterocycles. The average molecular weight is 498 g/mol. The lowest BCUT2D eigenvalue weighted by Crippen LogP contribution is -2.37. The molecule has 0 radical (unpaired) electrons. The van der Waals surface area contributed by atoms with Crippen LogP contribution in [-0.2, 0) is 4.74 Å². The van der Waals surface area contributed by atoms with E-state index in [9.17, 15) is 19.5 Å². The van der Waals surface area contributed by atoms with Crippen LogP contribution in [0.4, 0.5) is 9.59 Å². The zero-order valence-corrected chi connectivity index (χ0v) is 20.7. The van der Waals surface area contributed by atoms with Crippen molar-refractivity contribution in [3.8, 4) is 5.75 Å². The van der Waals surface area contributed by atoms with E-state index in [1.165, 1.54) is 15.1 Å². The lowest BCUT2D eigenvalue weighted by Gasteiger charge is -2.28. The second-order valence-corrected chi connectivity index (χ2v) is 9.63. The number of hydrogen-bond acceptors (Lipinski definition) is 7. The molecule has 3 aromatic rings. The van der Waals surface area contributed by atoms with E-state index in [1.54, 1.807) is 82.5 Å². The first kappa shape index (κ1) is 25.8. The van der Waals surface area contributed by atoms with Gasteiger partial charge in [-0.1, -0.05) is 30.3 Å². The molecule has 1 atom stereocenters. The zero-order valence-electron chi connectivity index (χ0n) is 19.9. The van der Waals surface area contributed by atoms with E-state index in [-0.39, 0.29) is 6.54 Å². The Morgan fingerprint density at radius 1 is 1.09 bits per heavy atom. The molecule has 184 valence electrons. The molecule has 0 saturated carbocycles. The predicted molar refractivity (Wildman–Crippen MR) is 132 cm³/mol. The van der Waals surface area contributed by atoms with Crippen LogP contribution < -0.4 is 4.74 Å². The maximum absolute atomic E-state index is 12.6. The van der Waals surface area contributed by atoms with Gasteiger partial charge < -0.3 is 19.5 Å². The summed E-state index contributed by atoms with van der Waals surface area (Å²) in [6.45, 7) is 5.51. The van der Waals surface area contributed by atoms with Gasteiger partial charge in [-0.05, 0) is 50.6 Å². The van der Waals surface area contributed by atoms with E-state index < -0.39 is 28.9 Å². The number of amides is 1. The van der Waals surface area contributed by atoms with Gasteiger partial charge in [-0.15, -0.1) is 0 Å². The van der Waals surface area contributed by atoms with E-state index >= 15 is 0 Å². The number of ether oxygens (including phenoxy) is 2. The van der Waals surface area contributed by atoms with Gasteiger partial charge >= 0.3 is 17.4 Å². The summed E-state index contributed by atoms with van der Waals surface area (Å²) in [5.41, 5.74) is 0.516. The van der Waals surface area contributed by atoms with Crippen molar-refractivity contribution in [1.29, 1.82) is 0 Å². The van der Waals surface area contributed by atoms with Crippen LogP contribution >= 0.6 is 11.9 Å². The molecule has 2 aromatic carbocycles. The largest absolute Gasteiger partial charge is 0.472 e. The zero-order chi connectivity index (χ0) is 25.6. The molecule has 1 amide bonds. The summed E-state index contributed by atoms with van der Waals surface area (Å²) in [7, 11) is 1.61. The molecule has 0 aliphatic carbocycles. The van der Waals surface area contributed by atoms with E-state index in [2.05, 4.69) is 4.98 Å². The minimum Gasteiger partial charge on any atom is -0.472 e. The Morgan fingerprint density at radius 2 is 1.74 bits per heavy atom. The lowest BCUT2D eigenvalue weighted by molar-refractivity contribution is 0.0292. The molecular weight excluding hydrogens is 470 g/mol. The third-order valence-electron chi connectivity index (χ3n) is 4.79. The van der Waals surface area contributed by atoms with Gasteiger partial charge in [0.1, 0.15) is 17.2 Å². The Kier molecular flexibility index (Phi) is 8.18. The smallest absolute Gasteiger partial charge is 0.410 e. The van der Waals surface area contributed by atoms with Crippen molar-refractivity contribution in [2.24, 2.45) is 0 Å². The van der Waals surface area contributed by atoms with E-state index in [0.29, 0.717) is 29.1 Å². The molecule has 0 aliphatic rings. The molecule has 0 spiro atoms. The molecule has 0 fully saturated rings. The Labute approximate surface area is 207 Å². The molecule has 9 nitrogen and oxygen atoms in total. The fourth-order valence-corrected chi connectivity index (χ4v) is 3.79. The standard InChI is InChI=1S/C25H27N3O6S/c1-25(2,3)34-23(30)27(4)16-20(21-26-14-15-28(21)35-24(31)32)17-10-12-19(13-11-17)33-22(29)18-8-6-5-7-9-18/h5-15,20H,16H2,1-4H3,(H,31,32). The van der Waals surface area contributed by atoms with E-state index in [1.807, 2.05) is 6.07 Å². The summed E-state index contributed by atoms with van der Waals surface area (Å²) in [5, 5.41) is 8.16. The van der Waals surface area contributed by atoms with Crippen molar-refractivity contribution in [3.63, 3.8) is 0 Å². The van der Waals surface area contributed by atoms with Gasteiger partial charge in [0, 0.05) is 26.0 Å². The van der Waals surface area contributed by atoms with Gasteiger partial charge in [0.25, 0.3) is 0 Å². The second-order valence-electron chi connectivity index (χ2n) is 8.71. The third kappa shape index (κ3) is 7.35. The van der Waals surface area contributed by atoms with Crippen LogP contribution in [0.25, 0.3) is 0 Å². The van der Waals surface area contributed by atoms with Gasteiger partial charge in [0.2, 0.25) is 0 Å². The van der Waals surface area contributed by atoms with Gasteiger partial charge in [-0.3, -0.25) is 3.97 Å². The summed E-state index contributed by atoms with van der Waals surface area (Å²) >= 11 is 0.576. The van der Waals surface area contributed by atoms with Crippen molar-refractivity contribution in [3.05, 3.63) is 83.9 Å². The number of likely N-dealkylation sites (N-methyl/N-ethyl adjacent to an activating group) is 1. The molecule has 1 aromatic heterocycles. The number of nitrogens with zero attached hydrogens (tertiary/aromatic N) is 3. The Balaban J connectivity index is 1.86. The molecule has 0 saturated heterocycles. The summed E-state index contributed by atoms with van der Waals surface area (Å²) in [4.78, 5) is 42.0. The number of hydrogen-bond donors (Lipinski definition) is 1. The minimum atomic E-state index is -1.09. The Morgan fingerprint density at radius 3 is 2.34 bits per heavy atom. The van der Waals surface area contributed by atoms with Gasteiger partial charge in [0.15, 0.2) is 0 Å². The molecule has 1 N–H and O–H groups in total. The molecule has 10 heteroatoms. The summed E-state index contributed by atoms with van der Waals surface area (Å²) in [5.74, 6) is -0.159. The van der Waals surface area contributed by atoms with Crippen molar-refractivity contribution < 1.29 is 29.0 Å². The highest BCUT2D eigenvalue weighted by molar-refractivity contribution is 8.11. The molecule has 1 heterocycles. The highest BCUT2D eigenvalue weighted by atomic mass is 32.2. The second kappa shape index (κ2) is 11.1. The topological polar surface area (TPSA) is 111 Å². The fourth-order valence-electron chi connectivity index (χ4n) is 3.24. The van der Waals surface area contributed by atoms with Crippen LogP contribution in [0.5, 0.6) is 5.75 Å². The number of carboxylic acid groups (broad SMARTS) is 1. The Bertz CT molecular complexity index is 1170. The summed E-state index contributed by atoms with van der Waals surface area (Å²) in [6.07, 6.45) is 2.53. The number of rotatable bonds is 7. The highest BCUT2D eigenvalue weighted by Gasteiger charge is 2.27. The number of carbonyl (C=O) groups is 3. The van der Waals surface area contributed by atoms with Gasteiger partial charge in [-0.25, -0.2) is 19.4 Å². The highest BCUT2D eigenvalue weighted by Crippen LogP contribution is 2.29. The van der Waals surface area contributed by atoms with Crippen LogP contribution in [-0.4, -0.2) is 55.5 Å². The summed E-state index contributed by atoms with van der Waals surface area (Å²) < 4.78 is 12.4. The third-order valence-corrected chi connectivity index (χ3v) is 5.45. The first-order valence-electron chi connectivity index (χ1n) is 10.8. The number of imidazole rings is 1. The van der Waals surface area contributed by atoms with E-state index in [0.717, 1.165) is 5.56 Å². The number of aromatic nitrogens is 2. The molecule has 0 bridgehead atoms. The lowest BCUT2D eigenvalue weighted by atomic mass is 9.97. The fraction of sp³-hybridized carbons (Fsp3) is 0.280. The first-order chi connectivity index (χ1) is 16.5. The van der Waals surface area contributed by atoms with Crippen molar-refractivity contribution in [2.75, 3.05) is 13.6 Å². The Hall–Kier alpha value is -3.79. The average Bonchev–Trinajstić information content (AvgIpc) is 3.24. The molecular formula is C25H27N3O6S. The van der Waals surface area contributed by atoms with Crippen molar-refractivity contribution >= 4 is 29.3 Å². The number of carbonyl (C=O) groups excluding carboxylic acids is 2. The van der Waals surface area contributed by atoms with Gasteiger partial charge in [-0.2, -0.15) is 0 Å². The van der Waals surface area contributed by atoms with Crippen LogP contribution in [0.1, 0.15) is 48.4 Å². The SMILES string of the molecule is CN(CC(c1ccc(OC(=O)c2ccccc2)cc1)c1nccn1SC(=O)O)C(=O)OC(C)(C)C. The van der Waals surface area contributed by atoms with Gasteiger partial charge in [0.05, 0.1) is 23.4 Å². The summed E-state index contributed by atoms with van der Waals surface area (Å²) in [6, 6.07) is 15.5. The van der Waals surface area contributed by atoms with Crippen molar-refractivity contribution in [2.45, 2.75) is 32.3 Å². The van der Waals surface area contributed by atoms with Crippen LogP contribution in [0.3, 0.4) is 0 Å². The monoisotopic (exact) mass is 497 g/mol. The van der Waals surface area contributed by atoms with Crippen LogP contribution in [0.15, 0.2) is 67.0 Å². The molecule has 35 heavy (non-hydrogen) atoms. The predicted octanol–water partition coefficient (Wildman–Crippen LogP) is 5.28. The number of esters is 1. The van der Waals surface area contributed by atoms with Crippen LogP contribution in [0.2, 0.25) is 0 Å². The maximum Gasteiger partial charge on any atom is 0.410 e. The number of benzene rings is 2.